The molecule has 0 radical (unpaired) electrons. The Morgan fingerprint density at radius 1 is 1.00 bits per heavy atom. The van der Waals surface area contributed by atoms with Gasteiger partial charge in [0.25, 0.3) is 0 Å². The predicted molar refractivity (Wildman–Crippen MR) is 92.7 cm³/mol. The van der Waals surface area contributed by atoms with Gasteiger partial charge in [0.1, 0.15) is 13.2 Å². The maximum Gasteiger partial charge on any atom is 0.208 e. The zero-order valence-electron chi connectivity index (χ0n) is 14.6. The summed E-state index contributed by atoms with van der Waals surface area (Å²) in [6, 6.07) is 4.81. The maximum absolute atomic E-state index is 12.7. The zero-order chi connectivity index (χ0) is 18.5. The van der Waals surface area contributed by atoms with Crippen LogP contribution in [0.25, 0.3) is 0 Å². The Balaban J connectivity index is 1.83. The fourth-order valence-corrected chi connectivity index (χ4v) is 2.76. The summed E-state index contributed by atoms with van der Waals surface area (Å²) in [5, 5.41) is 0. The number of nitrogens with zero attached hydrogens (tertiary/aromatic N) is 1. The van der Waals surface area contributed by atoms with Crippen LogP contribution in [-0.4, -0.2) is 44.0 Å². The van der Waals surface area contributed by atoms with Crippen LogP contribution in [-0.2, 0) is 0 Å². The number of carbonyl (C=O) groups excluding carboxylic acids is 2. The average Bonchev–Trinajstić information content (AvgIpc) is 2.71. The van der Waals surface area contributed by atoms with Gasteiger partial charge in [-0.05, 0) is 18.2 Å². The largest absolute Gasteiger partial charge is 0.493 e. The normalized spacial score (nSPS) is 12.4. The molecule has 2 aromatic rings. The van der Waals surface area contributed by atoms with Crippen molar-refractivity contribution in [3.8, 4) is 23.0 Å². The van der Waals surface area contributed by atoms with Gasteiger partial charge in [0.05, 0.1) is 19.8 Å². The van der Waals surface area contributed by atoms with Gasteiger partial charge in [0, 0.05) is 30.8 Å². The highest BCUT2D eigenvalue weighted by molar-refractivity contribution is 6.04. The van der Waals surface area contributed by atoms with E-state index >= 15 is 0 Å². The molecule has 0 aliphatic carbocycles. The summed E-state index contributed by atoms with van der Waals surface area (Å²) in [6.07, 6.45) is 3.22. The van der Waals surface area contributed by atoms with Gasteiger partial charge in [0.15, 0.2) is 23.1 Å². The fourth-order valence-electron chi connectivity index (χ4n) is 2.76. The Bertz CT molecular complexity index is 819. The van der Waals surface area contributed by atoms with Gasteiger partial charge in [-0.25, -0.2) is 0 Å². The number of rotatable bonds is 7. The van der Waals surface area contributed by atoms with Crippen molar-refractivity contribution in [2.45, 2.75) is 12.8 Å². The first-order chi connectivity index (χ1) is 12.7. The van der Waals surface area contributed by atoms with Gasteiger partial charge >= 0.3 is 0 Å². The second-order valence-electron chi connectivity index (χ2n) is 5.60. The van der Waals surface area contributed by atoms with Crippen LogP contribution >= 0.6 is 0 Å². The van der Waals surface area contributed by atoms with Crippen molar-refractivity contribution in [3.05, 3.63) is 41.7 Å². The second kappa shape index (κ2) is 7.86. The summed E-state index contributed by atoms with van der Waals surface area (Å²) in [4.78, 5) is 28.8. The van der Waals surface area contributed by atoms with Crippen LogP contribution in [0.4, 0.5) is 0 Å². The van der Waals surface area contributed by atoms with E-state index in [1.807, 2.05) is 0 Å². The monoisotopic (exact) mass is 357 g/mol. The van der Waals surface area contributed by atoms with Crippen molar-refractivity contribution in [1.82, 2.24) is 4.98 Å². The van der Waals surface area contributed by atoms with Crippen LogP contribution in [0.15, 0.2) is 30.6 Å². The van der Waals surface area contributed by atoms with Crippen molar-refractivity contribution in [1.29, 1.82) is 0 Å². The third-order valence-electron chi connectivity index (χ3n) is 4.04. The summed E-state index contributed by atoms with van der Waals surface area (Å²) in [7, 11) is 2.94. The van der Waals surface area contributed by atoms with Gasteiger partial charge in [0.2, 0.25) is 11.5 Å². The van der Waals surface area contributed by atoms with Crippen LogP contribution in [0, 0.1) is 0 Å². The Kier molecular flexibility index (Phi) is 5.36. The summed E-state index contributed by atoms with van der Waals surface area (Å²) in [6.45, 7) is 0.741. The number of ketones is 2. The quantitative estimate of drug-likeness (QED) is 0.705. The van der Waals surface area contributed by atoms with E-state index in [9.17, 15) is 9.59 Å². The molecule has 0 amide bonds. The zero-order valence-corrected chi connectivity index (χ0v) is 14.6. The van der Waals surface area contributed by atoms with Crippen LogP contribution in [0.5, 0.6) is 23.0 Å². The molecular formula is C19H19NO6. The molecule has 136 valence electrons. The molecule has 2 heterocycles. The maximum atomic E-state index is 12.7. The molecular weight excluding hydrogens is 338 g/mol. The van der Waals surface area contributed by atoms with Crippen LogP contribution in [0.1, 0.15) is 33.6 Å². The number of ether oxygens (including phenoxy) is 4. The molecule has 1 aliphatic rings. The number of carbonyl (C=O) groups is 2. The molecule has 7 heteroatoms. The molecule has 3 rings (SSSR count). The molecule has 0 bridgehead atoms. The summed E-state index contributed by atoms with van der Waals surface area (Å²) in [5.41, 5.74) is 0.829. The number of benzene rings is 1. The molecule has 26 heavy (non-hydrogen) atoms. The van der Waals surface area contributed by atoms with Crippen molar-refractivity contribution in [2.75, 3.05) is 27.4 Å². The number of hydrogen-bond acceptors (Lipinski definition) is 7. The minimum absolute atomic E-state index is 0.0420. The van der Waals surface area contributed by atoms with E-state index in [0.29, 0.717) is 47.3 Å². The summed E-state index contributed by atoms with van der Waals surface area (Å²) in [5.74, 6) is 1.09. The molecule has 0 fully saturated rings. The number of Topliss-reactive ketones (excluding diaryl/α,β-unsaturated/α-hetero) is 2. The minimum Gasteiger partial charge on any atom is -0.493 e. The average molecular weight is 357 g/mol. The molecule has 0 unspecified atom stereocenters. The highest BCUT2D eigenvalue weighted by Crippen LogP contribution is 2.48. The smallest absolute Gasteiger partial charge is 0.208 e. The first-order valence-corrected chi connectivity index (χ1v) is 8.16. The minimum atomic E-state index is -0.237. The molecule has 0 saturated carbocycles. The van der Waals surface area contributed by atoms with E-state index in [1.165, 1.54) is 14.2 Å². The molecule has 1 aromatic heterocycles. The lowest BCUT2D eigenvalue weighted by molar-refractivity contribution is 0.0914. The fraction of sp³-hybridized carbons (Fsp3) is 0.316. The van der Waals surface area contributed by atoms with E-state index < -0.39 is 0 Å². The van der Waals surface area contributed by atoms with E-state index in [2.05, 4.69) is 4.98 Å². The van der Waals surface area contributed by atoms with Gasteiger partial charge in [-0.1, -0.05) is 0 Å². The van der Waals surface area contributed by atoms with Gasteiger partial charge in [-0.15, -0.1) is 0 Å². The lowest BCUT2D eigenvalue weighted by atomic mass is 10.0. The third kappa shape index (κ3) is 3.46. The van der Waals surface area contributed by atoms with Crippen LogP contribution < -0.4 is 18.9 Å². The van der Waals surface area contributed by atoms with E-state index in [4.69, 9.17) is 18.9 Å². The predicted octanol–water partition coefficient (Wildman–Crippen LogP) is 2.72. The van der Waals surface area contributed by atoms with Crippen molar-refractivity contribution < 1.29 is 28.5 Å². The second-order valence-corrected chi connectivity index (χ2v) is 5.60. The number of hydrogen-bond donors (Lipinski definition) is 0. The van der Waals surface area contributed by atoms with Crippen molar-refractivity contribution in [2.24, 2.45) is 0 Å². The Hall–Kier alpha value is -3.09. The first kappa shape index (κ1) is 17.7. The molecule has 0 N–H and O–H groups in total. The van der Waals surface area contributed by atoms with E-state index in [-0.39, 0.29) is 24.4 Å². The van der Waals surface area contributed by atoms with E-state index in [0.717, 1.165) is 0 Å². The highest BCUT2D eigenvalue weighted by Gasteiger charge is 2.28. The topological polar surface area (TPSA) is 84.0 Å². The van der Waals surface area contributed by atoms with E-state index in [1.54, 1.807) is 30.6 Å². The molecule has 1 aliphatic heterocycles. The Morgan fingerprint density at radius 2 is 1.65 bits per heavy atom. The molecule has 0 atom stereocenters. The Morgan fingerprint density at radius 3 is 2.31 bits per heavy atom. The van der Waals surface area contributed by atoms with Gasteiger partial charge < -0.3 is 18.9 Å². The van der Waals surface area contributed by atoms with Crippen LogP contribution in [0.3, 0.4) is 0 Å². The molecule has 0 spiro atoms. The third-order valence-corrected chi connectivity index (χ3v) is 4.04. The van der Waals surface area contributed by atoms with Gasteiger partial charge in [-0.3, -0.25) is 14.6 Å². The lowest BCUT2D eigenvalue weighted by Gasteiger charge is -2.24. The molecule has 7 nitrogen and oxygen atoms in total. The Labute approximate surface area is 150 Å². The van der Waals surface area contributed by atoms with Gasteiger partial charge in [-0.2, -0.15) is 0 Å². The number of pyridine rings is 1. The summed E-state index contributed by atoms with van der Waals surface area (Å²) < 4.78 is 21.9. The van der Waals surface area contributed by atoms with Crippen molar-refractivity contribution in [3.63, 3.8) is 0 Å². The first-order valence-electron chi connectivity index (χ1n) is 8.16. The molecule has 1 aromatic carbocycles. The van der Waals surface area contributed by atoms with Crippen LogP contribution in [0.2, 0.25) is 0 Å². The SMILES string of the molecule is COc1cc(C(=O)CCC(=O)c2ccncc2)c(OC)c2c1OCCO2. The standard InChI is InChI=1S/C19H19NO6/c1-23-16-11-13(17(24-2)19-18(16)25-9-10-26-19)15(22)4-3-14(21)12-5-7-20-8-6-12/h5-8,11H,3-4,9-10H2,1-2H3. The lowest BCUT2D eigenvalue weighted by Crippen LogP contribution is -2.18. The number of methoxy groups -OCH3 is 2. The van der Waals surface area contributed by atoms with Crippen molar-refractivity contribution >= 4 is 11.6 Å². The summed E-state index contributed by atoms with van der Waals surface area (Å²) >= 11 is 0. The number of aromatic nitrogens is 1. The highest BCUT2D eigenvalue weighted by atomic mass is 16.6. The molecule has 0 saturated heterocycles. The number of fused-ring (bicyclic) bond motifs is 1.